The first-order valence-corrected chi connectivity index (χ1v) is 12.8. The summed E-state index contributed by atoms with van der Waals surface area (Å²) in [6.07, 6.45) is 12.6. The third kappa shape index (κ3) is 4.37. The van der Waals surface area contributed by atoms with Crippen LogP contribution < -0.4 is 4.74 Å². The van der Waals surface area contributed by atoms with Gasteiger partial charge in [0.1, 0.15) is 11.9 Å². The van der Waals surface area contributed by atoms with Crippen molar-refractivity contribution in [3.8, 4) is 5.75 Å². The Bertz CT molecular complexity index is 835. The third-order valence-electron chi connectivity index (χ3n) is 7.56. The molecule has 1 aliphatic carbocycles. The van der Waals surface area contributed by atoms with Gasteiger partial charge >= 0.3 is 0 Å². The van der Waals surface area contributed by atoms with Crippen molar-refractivity contribution in [2.75, 3.05) is 26.2 Å². The van der Waals surface area contributed by atoms with Crippen molar-refractivity contribution < 1.29 is 9.53 Å². The average molecular weight is 440 g/mol. The summed E-state index contributed by atoms with van der Waals surface area (Å²) < 4.78 is 6.12. The number of piperidine rings is 2. The van der Waals surface area contributed by atoms with Crippen LogP contribution >= 0.6 is 11.3 Å². The average Bonchev–Trinajstić information content (AvgIpc) is 3.53. The van der Waals surface area contributed by atoms with Crippen molar-refractivity contribution in [2.45, 2.75) is 68.9 Å². The maximum atomic E-state index is 13.6. The summed E-state index contributed by atoms with van der Waals surface area (Å²) in [6.45, 7) is 4.00. The molecule has 2 aliphatic heterocycles. The van der Waals surface area contributed by atoms with Crippen molar-refractivity contribution in [2.24, 2.45) is 0 Å². The molecule has 1 saturated carbocycles. The fourth-order valence-electron chi connectivity index (χ4n) is 5.80. The lowest BCUT2D eigenvalue weighted by Gasteiger charge is -2.43. The maximum absolute atomic E-state index is 13.6. The van der Waals surface area contributed by atoms with Gasteiger partial charge in [-0.25, -0.2) is 0 Å². The first-order chi connectivity index (χ1) is 15.2. The summed E-state index contributed by atoms with van der Waals surface area (Å²) >= 11 is 1.76. The van der Waals surface area contributed by atoms with Gasteiger partial charge < -0.3 is 9.64 Å². The van der Waals surface area contributed by atoms with Crippen LogP contribution in [0.1, 0.15) is 56.2 Å². The molecule has 0 unspecified atom stereocenters. The maximum Gasteiger partial charge on any atom is 0.234 e. The van der Waals surface area contributed by atoms with Crippen LogP contribution in [0.25, 0.3) is 0 Å². The normalized spacial score (nSPS) is 23.2. The number of hydrogen-bond acceptors (Lipinski definition) is 5. The Balaban J connectivity index is 1.13. The number of hydrogen-bond donors (Lipinski definition) is 0. The highest BCUT2D eigenvalue weighted by Gasteiger charge is 2.46. The molecule has 1 amide bonds. The predicted octanol–water partition coefficient (Wildman–Crippen LogP) is 4.49. The lowest BCUT2D eigenvalue weighted by molar-refractivity contribution is -0.139. The number of ether oxygens (including phenoxy) is 1. The molecule has 31 heavy (non-hydrogen) atoms. The van der Waals surface area contributed by atoms with Crippen LogP contribution in [0.3, 0.4) is 0 Å². The smallest absolute Gasteiger partial charge is 0.234 e. The number of rotatable bonds is 5. The molecule has 3 aliphatic rings. The summed E-state index contributed by atoms with van der Waals surface area (Å²) in [7, 11) is 0. The van der Waals surface area contributed by atoms with Crippen molar-refractivity contribution >= 4 is 17.2 Å². The minimum Gasteiger partial charge on any atom is -0.490 e. The van der Waals surface area contributed by atoms with Crippen molar-refractivity contribution in [3.63, 3.8) is 0 Å². The Morgan fingerprint density at radius 2 is 1.71 bits per heavy atom. The second-order valence-corrected chi connectivity index (χ2v) is 10.3. The predicted molar refractivity (Wildman–Crippen MR) is 124 cm³/mol. The van der Waals surface area contributed by atoms with Gasteiger partial charge in [0.15, 0.2) is 0 Å². The minimum atomic E-state index is -0.232. The zero-order valence-corrected chi connectivity index (χ0v) is 19.1. The molecule has 5 nitrogen and oxygen atoms in total. The monoisotopic (exact) mass is 439 g/mol. The lowest BCUT2D eigenvalue weighted by atomic mass is 9.82. The molecule has 0 bridgehead atoms. The highest BCUT2D eigenvalue weighted by atomic mass is 32.1. The third-order valence-corrected chi connectivity index (χ3v) is 8.63. The summed E-state index contributed by atoms with van der Waals surface area (Å²) in [5.41, 5.74) is -0.232. The minimum absolute atomic E-state index is 0.232. The number of aromatic nitrogens is 1. The molecule has 2 aromatic rings. The van der Waals surface area contributed by atoms with E-state index in [1.807, 2.05) is 12.1 Å². The van der Waals surface area contributed by atoms with E-state index in [0.717, 1.165) is 70.5 Å². The zero-order valence-electron chi connectivity index (χ0n) is 18.2. The fourth-order valence-corrected chi connectivity index (χ4v) is 6.78. The number of amides is 1. The van der Waals surface area contributed by atoms with E-state index in [2.05, 4.69) is 32.3 Å². The molecular weight excluding hydrogens is 406 g/mol. The van der Waals surface area contributed by atoms with Crippen molar-refractivity contribution in [1.29, 1.82) is 0 Å². The van der Waals surface area contributed by atoms with Crippen LogP contribution in [0.15, 0.2) is 42.0 Å². The summed E-state index contributed by atoms with van der Waals surface area (Å²) in [5.74, 6) is 1.32. The highest BCUT2D eigenvalue weighted by Crippen LogP contribution is 2.45. The topological polar surface area (TPSA) is 45.7 Å². The lowest BCUT2D eigenvalue weighted by Crippen LogP contribution is -2.53. The first kappa shape index (κ1) is 21.0. The molecule has 0 atom stereocenters. The Hall–Kier alpha value is -1.92. The van der Waals surface area contributed by atoms with Crippen LogP contribution in [-0.2, 0) is 10.2 Å². The number of carbonyl (C=O) groups is 1. The Kier molecular flexibility index (Phi) is 6.28. The molecule has 3 fully saturated rings. The molecule has 0 aromatic carbocycles. The Morgan fingerprint density at radius 1 is 1.00 bits per heavy atom. The quantitative estimate of drug-likeness (QED) is 0.689. The number of nitrogens with zero attached hydrogens (tertiary/aromatic N) is 3. The number of carbonyl (C=O) groups excluding carboxylic acids is 1. The van der Waals surface area contributed by atoms with E-state index >= 15 is 0 Å². The van der Waals surface area contributed by atoms with Crippen LogP contribution in [0.4, 0.5) is 0 Å². The highest BCUT2D eigenvalue weighted by molar-refractivity contribution is 7.10. The van der Waals surface area contributed by atoms with E-state index in [1.54, 1.807) is 23.7 Å². The van der Waals surface area contributed by atoms with E-state index in [-0.39, 0.29) is 5.41 Å². The molecule has 0 spiro atoms. The molecule has 166 valence electrons. The number of thiophene rings is 1. The van der Waals surface area contributed by atoms with Gasteiger partial charge in [0.05, 0.1) is 5.41 Å². The molecule has 4 heterocycles. The van der Waals surface area contributed by atoms with E-state index in [0.29, 0.717) is 18.1 Å². The summed E-state index contributed by atoms with van der Waals surface area (Å²) in [4.78, 5) is 23.8. The summed E-state index contributed by atoms with van der Waals surface area (Å²) in [5, 5.41) is 2.12. The van der Waals surface area contributed by atoms with Crippen molar-refractivity contribution in [3.05, 3.63) is 46.9 Å². The van der Waals surface area contributed by atoms with Gasteiger partial charge in [-0.1, -0.05) is 18.9 Å². The molecule has 2 aromatic heterocycles. The van der Waals surface area contributed by atoms with Gasteiger partial charge in [-0.2, -0.15) is 0 Å². The van der Waals surface area contributed by atoms with E-state index in [1.165, 1.54) is 17.7 Å². The molecule has 2 saturated heterocycles. The van der Waals surface area contributed by atoms with Crippen LogP contribution in [0.2, 0.25) is 0 Å². The van der Waals surface area contributed by atoms with Gasteiger partial charge in [0.2, 0.25) is 5.91 Å². The van der Waals surface area contributed by atoms with Gasteiger partial charge in [0.25, 0.3) is 0 Å². The van der Waals surface area contributed by atoms with Gasteiger partial charge in [0, 0.05) is 49.5 Å². The van der Waals surface area contributed by atoms with Crippen LogP contribution in [0, 0.1) is 0 Å². The first-order valence-electron chi connectivity index (χ1n) is 11.9. The van der Waals surface area contributed by atoms with E-state index < -0.39 is 0 Å². The number of pyridine rings is 1. The SMILES string of the molecule is O=C(N1CCC(N2CCC(Oc3ccncc3)CC2)CC1)C1(c2cccs2)CCCC1. The van der Waals surface area contributed by atoms with Gasteiger partial charge in [-0.15, -0.1) is 11.3 Å². The molecule has 5 rings (SSSR count). The molecular formula is C25H33N3O2S. The van der Waals surface area contributed by atoms with Crippen molar-refractivity contribution in [1.82, 2.24) is 14.8 Å². The standard InChI is InChI=1S/C25H33N3O2S/c29-24(25(11-1-2-12-25)23-4-3-19-31-23)28-15-7-20(8-16-28)27-17-9-22(10-18-27)30-21-5-13-26-14-6-21/h3-6,13-14,19-20,22H,1-2,7-12,15-18H2. The largest absolute Gasteiger partial charge is 0.490 e. The van der Waals surface area contributed by atoms with Gasteiger partial charge in [-0.05, 0) is 62.1 Å². The van der Waals surface area contributed by atoms with Gasteiger partial charge in [-0.3, -0.25) is 14.7 Å². The second-order valence-electron chi connectivity index (χ2n) is 9.33. The molecule has 0 radical (unpaired) electrons. The summed E-state index contributed by atoms with van der Waals surface area (Å²) in [6, 6.07) is 8.76. The van der Waals surface area contributed by atoms with E-state index in [4.69, 9.17) is 4.74 Å². The fraction of sp³-hybridized carbons (Fsp3) is 0.600. The number of likely N-dealkylation sites (tertiary alicyclic amines) is 2. The Labute approximate surface area is 189 Å². The molecule has 6 heteroatoms. The Morgan fingerprint density at radius 3 is 2.35 bits per heavy atom. The molecule has 0 N–H and O–H groups in total. The van der Waals surface area contributed by atoms with Crippen LogP contribution in [-0.4, -0.2) is 59.0 Å². The second kappa shape index (κ2) is 9.29. The van der Waals surface area contributed by atoms with E-state index in [9.17, 15) is 4.79 Å². The zero-order chi connectivity index (χ0) is 21.1. The van der Waals surface area contributed by atoms with Crippen LogP contribution in [0.5, 0.6) is 5.75 Å².